The third-order valence-electron chi connectivity index (χ3n) is 7.95. The van der Waals surface area contributed by atoms with Crippen LogP contribution in [0.3, 0.4) is 0 Å². The van der Waals surface area contributed by atoms with Gasteiger partial charge in [0.15, 0.2) is 5.79 Å². The zero-order valence-corrected chi connectivity index (χ0v) is 22.9. The van der Waals surface area contributed by atoms with E-state index in [1.165, 1.54) is 12.1 Å². The zero-order chi connectivity index (χ0) is 27.0. The Morgan fingerprint density at radius 1 is 1.14 bits per heavy atom. The lowest BCUT2D eigenvalue weighted by Crippen LogP contribution is -2.50. The molecule has 0 saturated carbocycles. The summed E-state index contributed by atoms with van der Waals surface area (Å²) in [5, 5.41) is 21.9. The molecule has 2 heterocycles. The monoisotopic (exact) mass is 515 g/mol. The number of amides is 1. The summed E-state index contributed by atoms with van der Waals surface area (Å²) in [6.07, 6.45) is 10.7. The third kappa shape index (κ3) is 8.39. The highest BCUT2D eigenvalue weighted by atomic mass is 16.7. The van der Waals surface area contributed by atoms with Gasteiger partial charge in [0, 0.05) is 19.4 Å². The van der Waals surface area contributed by atoms with Gasteiger partial charge in [-0.05, 0) is 88.3 Å². The van der Waals surface area contributed by atoms with E-state index in [1.807, 2.05) is 6.92 Å². The van der Waals surface area contributed by atoms with Crippen LogP contribution in [0.2, 0.25) is 0 Å². The van der Waals surface area contributed by atoms with Crippen LogP contribution in [-0.4, -0.2) is 52.7 Å². The van der Waals surface area contributed by atoms with Gasteiger partial charge >= 0.3 is 5.97 Å². The number of carboxylic acids is 1. The predicted octanol–water partition coefficient (Wildman–Crippen LogP) is 5.72. The number of rotatable bonds is 11. The number of hydrogen-bond acceptors (Lipinski definition) is 5. The van der Waals surface area contributed by atoms with Crippen molar-refractivity contribution < 1.29 is 29.3 Å². The molecular formula is C30H45NO6. The van der Waals surface area contributed by atoms with Crippen molar-refractivity contribution in [1.29, 1.82) is 0 Å². The second kappa shape index (κ2) is 13.5. The van der Waals surface area contributed by atoms with Gasteiger partial charge in [0.1, 0.15) is 0 Å². The summed E-state index contributed by atoms with van der Waals surface area (Å²) in [6.45, 7) is 8.66. The molecule has 0 bridgehead atoms. The molecule has 37 heavy (non-hydrogen) atoms. The van der Waals surface area contributed by atoms with E-state index in [0.29, 0.717) is 18.4 Å². The number of allylic oxidation sites excluding steroid dienone is 1. The molecule has 1 aromatic carbocycles. The van der Waals surface area contributed by atoms with Gasteiger partial charge < -0.3 is 25.0 Å². The van der Waals surface area contributed by atoms with Gasteiger partial charge in [-0.2, -0.15) is 0 Å². The number of carboxylic acid groups (broad SMARTS) is 1. The second-order valence-electron chi connectivity index (χ2n) is 11.1. The van der Waals surface area contributed by atoms with Gasteiger partial charge in [-0.15, -0.1) is 0 Å². The van der Waals surface area contributed by atoms with Crippen molar-refractivity contribution in [2.75, 3.05) is 6.54 Å². The Labute approximate surface area is 221 Å². The summed E-state index contributed by atoms with van der Waals surface area (Å²) in [5.41, 5.74) is 1.21. The summed E-state index contributed by atoms with van der Waals surface area (Å²) >= 11 is 0. The summed E-state index contributed by atoms with van der Waals surface area (Å²) in [7, 11) is 0. The lowest BCUT2D eigenvalue weighted by atomic mass is 9.85. The summed E-state index contributed by atoms with van der Waals surface area (Å²) < 4.78 is 13.3. The minimum atomic E-state index is -1.10. The number of ether oxygens (including phenoxy) is 2. The number of aliphatic hydroxyl groups excluding tert-OH is 1. The Morgan fingerprint density at radius 3 is 2.57 bits per heavy atom. The molecule has 2 aliphatic rings. The molecule has 7 heteroatoms. The summed E-state index contributed by atoms with van der Waals surface area (Å²) in [5.74, 6) is -1.15. The van der Waals surface area contributed by atoms with E-state index in [2.05, 4.69) is 25.2 Å². The van der Waals surface area contributed by atoms with Crippen molar-refractivity contribution in [1.82, 2.24) is 5.32 Å². The van der Waals surface area contributed by atoms with Crippen LogP contribution in [0.15, 0.2) is 35.9 Å². The van der Waals surface area contributed by atoms with E-state index in [-0.39, 0.29) is 29.2 Å². The average Bonchev–Trinajstić information content (AvgIpc) is 2.87. The largest absolute Gasteiger partial charge is 0.478 e. The Morgan fingerprint density at radius 2 is 1.86 bits per heavy atom. The SMILES string of the molecule is C/C(=C\[C@@H](C)CC[C@@H]1CCC[C@]2(CC[C@H](C)[C@@H](CCCNC(=O)c3ccccc3C(=O)O)O2)O1)[C@H](C)O. The highest BCUT2D eigenvalue weighted by molar-refractivity contribution is 6.04. The maximum absolute atomic E-state index is 12.5. The van der Waals surface area contributed by atoms with Crippen molar-refractivity contribution in [2.24, 2.45) is 11.8 Å². The Bertz CT molecular complexity index is 944. The first-order valence-electron chi connectivity index (χ1n) is 13.9. The fourth-order valence-corrected chi connectivity index (χ4v) is 5.51. The van der Waals surface area contributed by atoms with Gasteiger partial charge in [-0.1, -0.05) is 32.1 Å². The van der Waals surface area contributed by atoms with Crippen molar-refractivity contribution in [3.8, 4) is 0 Å². The van der Waals surface area contributed by atoms with Crippen LogP contribution >= 0.6 is 0 Å². The maximum Gasteiger partial charge on any atom is 0.336 e. The average molecular weight is 516 g/mol. The zero-order valence-electron chi connectivity index (χ0n) is 22.9. The van der Waals surface area contributed by atoms with Crippen molar-refractivity contribution >= 4 is 11.9 Å². The molecule has 1 aromatic rings. The van der Waals surface area contributed by atoms with Crippen LogP contribution in [0, 0.1) is 11.8 Å². The van der Waals surface area contributed by atoms with Gasteiger partial charge in [-0.3, -0.25) is 4.79 Å². The molecule has 2 fully saturated rings. The van der Waals surface area contributed by atoms with Crippen LogP contribution in [0.1, 0.15) is 106 Å². The van der Waals surface area contributed by atoms with Gasteiger partial charge in [0.05, 0.1) is 29.4 Å². The summed E-state index contributed by atoms with van der Waals surface area (Å²) in [4.78, 5) is 23.9. The molecule has 0 radical (unpaired) electrons. The first-order chi connectivity index (χ1) is 17.6. The van der Waals surface area contributed by atoms with Crippen LogP contribution in [0.4, 0.5) is 0 Å². The van der Waals surface area contributed by atoms with Crippen LogP contribution in [0.5, 0.6) is 0 Å². The molecular weight excluding hydrogens is 470 g/mol. The number of hydrogen-bond donors (Lipinski definition) is 3. The van der Waals surface area contributed by atoms with Gasteiger partial charge in [0.2, 0.25) is 0 Å². The molecule has 0 aliphatic carbocycles. The smallest absolute Gasteiger partial charge is 0.336 e. The van der Waals surface area contributed by atoms with E-state index >= 15 is 0 Å². The van der Waals surface area contributed by atoms with E-state index in [9.17, 15) is 19.8 Å². The Hall–Kier alpha value is -2.22. The molecule has 3 rings (SSSR count). The van der Waals surface area contributed by atoms with E-state index in [4.69, 9.17) is 9.47 Å². The molecule has 7 nitrogen and oxygen atoms in total. The molecule has 0 aromatic heterocycles. The molecule has 6 atom stereocenters. The van der Waals surface area contributed by atoms with Crippen molar-refractivity contribution in [2.45, 2.75) is 110 Å². The number of benzene rings is 1. The first kappa shape index (κ1) is 29.3. The fraction of sp³-hybridized carbons (Fsp3) is 0.667. The quantitative estimate of drug-likeness (QED) is 0.257. The van der Waals surface area contributed by atoms with E-state index < -0.39 is 17.9 Å². The molecule has 1 amide bonds. The standard InChI is InChI=1S/C30H45NO6/c1-20(19-22(3)23(4)32)13-14-24-9-7-16-30(36-24)17-15-21(2)27(37-30)12-8-18-31-28(33)25-10-5-6-11-26(25)29(34)35/h5-6,10-11,19-21,23-24,27,32H,7-9,12-18H2,1-4H3,(H,31,33)(H,34,35)/b22-19+/t20-,21-,23-,24-,27+,30-/m0/s1. The van der Waals surface area contributed by atoms with Gasteiger partial charge in [-0.25, -0.2) is 4.79 Å². The van der Waals surface area contributed by atoms with E-state index in [1.54, 1.807) is 19.1 Å². The molecule has 3 N–H and O–H groups in total. The number of carbonyl (C=O) groups is 2. The molecule has 2 aliphatic heterocycles. The number of nitrogens with one attached hydrogen (secondary N) is 1. The Kier molecular flexibility index (Phi) is 10.7. The molecule has 1 spiro atoms. The second-order valence-corrected chi connectivity index (χ2v) is 11.1. The van der Waals surface area contributed by atoms with Crippen molar-refractivity contribution in [3.63, 3.8) is 0 Å². The maximum atomic E-state index is 12.5. The fourth-order valence-electron chi connectivity index (χ4n) is 5.51. The molecule has 206 valence electrons. The minimum absolute atomic E-state index is 0.0127. The van der Waals surface area contributed by atoms with Crippen LogP contribution in [-0.2, 0) is 9.47 Å². The van der Waals surface area contributed by atoms with E-state index in [0.717, 1.165) is 63.4 Å². The highest BCUT2D eigenvalue weighted by Crippen LogP contribution is 2.43. The lowest BCUT2D eigenvalue weighted by Gasteiger charge is -2.48. The number of aromatic carboxylic acids is 1. The normalized spacial score (nSPS) is 28.0. The first-order valence-corrected chi connectivity index (χ1v) is 13.9. The highest BCUT2D eigenvalue weighted by Gasteiger charge is 2.44. The topological polar surface area (TPSA) is 105 Å². The number of aliphatic hydroxyl groups is 1. The van der Waals surface area contributed by atoms with Crippen LogP contribution < -0.4 is 5.32 Å². The summed E-state index contributed by atoms with van der Waals surface area (Å²) in [6, 6.07) is 6.27. The Balaban J connectivity index is 1.47. The van der Waals surface area contributed by atoms with Crippen molar-refractivity contribution in [3.05, 3.63) is 47.0 Å². The molecule has 0 unspecified atom stereocenters. The number of carbonyl (C=O) groups excluding carboxylic acids is 1. The van der Waals surface area contributed by atoms with Gasteiger partial charge in [0.25, 0.3) is 5.91 Å². The third-order valence-corrected chi connectivity index (χ3v) is 7.95. The minimum Gasteiger partial charge on any atom is -0.478 e. The van der Waals surface area contributed by atoms with Crippen LogP contribution in [0.25, 0.3) is 0 Å². The molecule has 2 saturated heterocycles. The predicted molar refractivity (Wildman–Crippen MR) is 144 cm³/mol. The lowest BCUT2D eigenvalue weighted by molar-refractivity contribution is -0.324.